The van der Waals surface area contributed by atoms with Crippen LogP contribution in [-0.4, -0.2) is 72.4 Å². The van der Waals surface area contributed by atoms with E-state index >= 15 is 0 Å². The molecule has 2 heterocycles. The SMILES string of the molecule is CN1CC(c2ccc(F)c(F)c2)C2(CCCN(C(=O)[C@@H](COCc3ccc(F)c(F)c3)NC(=O)C(C)(C)N)C2)C1=O. The smallest absolute Gasteiger partial charge is 0.247 e. The summed E-state index contributed by atoms with van der Waals surface area (Å²) in [5.74, 6) is -5.90. The van der Waals surface area contributed by atoms with Crippen molar-refractivity contribution in [3.63, 3.8) is 0 Å². The first-order valence-electron chi connectivity index (χ1n) is 13.3. The van der Waals surface area contributed by atoms with Gasteiger partial charge in [-0.05, 0) is 62.1 Å². The fourth-order valence-corrected chi connectivity index (χ4v) is 5.61. The summed E-state index contributed by atoms with van der Waals surface area (Å²) in [5.41, 5.74) is 4.33. The molecule has 0 saturated carbocycles. The minimum Gasteiger partial charge on any atom is -0.374 e. The predicted molar refractivity (Wildman–Crippen MR) is 141 cm³/mol. The van der Waals surface area contributed by atoms with Crippen LogP contribution in [-0.2, 0) is 25.7 Å². The summed E-state index contributed by atoms with van der Waals surface area (Å²) in [6.07, 6.45) is 0.896. The standard InChI is InChI=1S/C29H34F4N4O4/c1-28(2,34)26(39)35-24(15-41-14-17-5-7-20(30)22(32)11-17)25(38)37-10-4-9-29(16-37)19(13-36(3)27(29)40)18-6-8-21(31)23(33)12-18/h5-8,11-12,19,24H,4,9-10,13-16,34H2,1-3H3,(H,35,39)/t19?,24-,29?/m1/s1. The first-order chi connectivity index (χ1) is 19.2. The van der Waals surface area contributed by atoms with Gasteiger partial charge in [0.15, 0.2) is 23.3 Å². The lowest BCUT2D eigenvalue weighted by atomic mass is 9.69. The number of nitrogens with one attached hydrogen (secondary N) is 1. The quantitative estimate of drug-likeness (QED) is 0.469. The van der Waals surface area contributed by atoms with Crippen molar-refractivity contribution in [1.82, 2.24) is 15.1 Å². The van der Waals surface area contributed by atoms with E-state index in [4.69, 9.17) is 10.5 Å². The molecule has 0 bridgehead atoms. The number of hydrogen-bond acceptors (Lipinski definition) is 5. The molecule has 2 aromatic carbocycles. The molecule has 3 amide bonds. The predicted octanol–water partition coefficient (Wildman–Crippen LogP) is 2.85. The molecule has 2 aliphatic heterocycles. The molecular formula is C29H34F4N4O4. The third kappa shape index (κ3) is 6.38. The van der Waals surface area contributed by atoms with Crippen LogP contribution in [0.15, 0.2) is 36.4 Å². The van der Waals surface area contributed by atoms with Gasteiger partial charge in [-0.25, -0.2) is 17.6 Å². The second kappa shape index (κ2) is 11.8. The summed E-state index contributed by atoms with van der Waals surface area (Å²) in [6.45, 7) is 3.05. The summed E-state index contributed by atoms with van der Waals surface area (Å²) < 4.78 is 60.3. The number of likely N-dealkylation sites (tertiary alicyclic amines) is 2. The van der Waals surface area contributed by atoms with Gasteiger partial charge in [0, 0.05) is 32.6 Å². The molecule has 3 N–H and O–H groups in total. The van der Waals surface area contributed by atoms with E-state index in [0.29, 0.717) is 30.5 Å². The van der Waals surface area contributed by atoms with E-state index in [0.717, 1.165) is 24.3 Å². The van der Waals surface area contributed by atoms with Crippen molar-refractivity contribution in [2.24, 2.45) is 11.1 Å². The first-order valence-corrected chi connectivity index (χ1v) is 13.3. The van der Waals surface area contributed by atoms with Crippen molar-refractivity contribution in [3.05, 3.63) is 70.8 Å². The second-order valence-corrected chi connectivity index (χ2v) is 11.4. The first kappa shape index (κ1) is 30.4. The van der Waals surface area contributed by atoms with Crippen molar-refractivity contribution in [3.8, 4) is 0 Å². The van der Waals surface area contributed by atoms with Gasteiger partial charge >= 0.3 is 0 Å². The van der Waals surface area contributed by atoms with Crippen LogP contribution in [0.2, 0.25) is 0 Å². The maximum Gasteiger partial charge on any atom is 0.247 e. The van der Waals surface area contributed by atoms with Crippen LogP contribution in [0.25, 0.3) is 0 Å². The van der Waals surface area contributed by atoms with E-state index < -0.39 is 58.0 Å². The molecule has 4 rings (SSSR count). The molecule has 8 nitrogen and oxygen atoms in total. The van der Waals surface area contributed by atoms with Gasteiger partial charge in [0.2, 0.25) is 17.7 Å². The minimum atomic E-state index is -1.32. The monoisotopic (exact) mass is 578 g/mol. The van der Waals surface area contributed by atoms with Crippen LogP contribution in [0.4, 0.5) is 17.6 Å². The summed E-state index contributed by atoms with van der Waals surface area (Å²) >= 11 is 0. The number of hydrogen-bond donors (Lipinski definition) is 2. The van der Waals surface area contributed by atoms with Gasteiger partial charge in [0.05, 0.1) is 24.2 Å². The van der Waals surface area contributed by atoms with Crippen LogP contribution in [0.3, 0.4) is 0 Å². The molecule has 2 aliphatic rings. The van der Waals surface area contributed by atoms with Crippen LogP contribution in [0.1, 0.15) is 43.7 Å². The largest absolute Gasteiger partial charge is 0.374 e. The Labute approximate surface area is 235 Å². The summed E-state index contributed by atoms with van der Waals surface area (Å²) in [6, 6.07) is 5.65. The van der Waals surface area contributed by atoms with Crippen LogP contribution >= 0.6 is 0 Å². The minimum absolute atomic E-state index is 0.000229. The highest BCUT2D eigenvalue weighted by molar-refractivity contribution is 5.92. The van der Waals surface area contributed by atoms with Gasteiger partial charge in [-0.3, -0.25) is 14.4 Å². The third-order valence-electron chi connectivity index (χ3n) is 7.80. The zero-order chi connectivity index (χ0) is 30.1. The van der Waals surface area contributed by atoms with E-state index in [1.807, 2.05) is 0 Å². The average Bonchev–Trinajstić information content (AvgIpc) is 3.15. The number of benzene rings is 2. The van der Waals surface area contributed by atoms with E-state index in [2.05, 4.69) is 5.32 Å². The fraction of sp³-hybridized carbons (Fsp3) is 0.483. The van der Waals surface area contributed by atoms with Crippen LogP contribution in [0.5, 0.6) is 0 Å². The highest BCUT2D eigenvalue weighted by atomic mass is 19.2. The molecule has 1 spiro atoms. The number of carbonyl (C=O) groups is 3. The van der Waals surface area contributed by atoms with Gasteiger partial charge in [0.25, 0.3) is 0 Å². The van der Waals surface area contributed by atoms with Gasteiger partial charge in [-0.2, -0.15) is 0 Å². The molecule has 222 valence electrons. The normalized spacial score (nSPS) is 21.9. The lowest BCUT2D eigenvalue weighted by molar-refractivity contribution is -0.147. The number of ether oxygens (including phenoxy) is 1. The number of piperidine rings is 1. The molecule has 2 fully saturated rings. The average molecular weight is 579 g/mol. The Bertz CT molecular complexity index is 1330. The zero-order valence-corrected chi connectivity index (χ0v) is 23.2. The number of halogens is 4. The molecule has 41 heavy (non-hydrogen) atoms. The number of carbonyl (C=O) groups excluding carboxylic acids is 3. The molecule has 2 unspecified atom stereocenters. The van der Waals surface area contributed by atoms with E-state index in [1.54, 1.807) is 7.05 Å². The molecule has 0 aliphatic carbocycles. The van der Waals surface area contributed by atoms with Gasteiger partial charge in [-0.15, -0.1) is 0 Å². The molecule has 2 saturated heterocycles. The molecule has 12 heteroatoms. The van der Waals surface area contributed by atoms with E-state index in [-0.39, 0.29) is 32.2 Å². The molecule has 2 aromatic rings. The maximum atomic E-state index is 14.2. The lowest BCUT2D eigenvalue weighted by Crippen LogP contribution is -2.60. The number of nitrogens with zero attached hydrogens (tertiary/aromatic N) is 2. The van der Waals surface area contributed by atoms with Crippen molar-refractivity contribution in [2.45, 2.75) is 50.8 Å². The maximum absolute atomic E-state index is 14.2. The van der Waals surface area contributed by atoms with E-state index in [9.17, 15) is 31.9 Å². The fourth-order valence-electron chi connectivity index (χ4n) is 5.61. The van der Waals surface area contributed by atoms with Crippen LogP contribution < -0.4 is 11.1 Å². The Morgan fingerprint density at radius 3 is 2.39 bits per heavy atom. The Balaban J connectivity index is 1.56. The van der Waals surface area contributed by atoms with E-state index in [1.165, 1.54) is 35.8 Å². The van der Waals surface area contributed by atoms with Gasteiger partial charge < -0.3 is 25.6 Å². The summed E-state index contributed by atoms with van der Waals surface area (Å²) in [5, 5.41) is 2.62. The second-order valence-electron chi connectivity index (χ2n) is 11.4. The Kier molecular flexibility index (Phi) is 8.74. The van der Waals surface area contributed by atoms with Gasteiger partial charge in [-0.1, -0.05) is 12.1 Å². The molecular weight excluding hydrogens is 544 g/mol. The van der Waals surface area contributed by atoms with Crippen molar-refractivity contribution in [2.75, 3.05) is 33.3 Å². The Hall–Kier alpha value is -3.51. The Morgan fingerprint density at radius 1 is 1.10 bits per heavy atom. The van der Waals surface area contributed by atoms with Crippen molar-refractivity contribution < 1.29 is 36.7 Å². The van der Waals surface area contributed by atoms with Gasteiger partial charge in [0.1, 0.15) is 6.04 Å². The van der Waals surface area contributed by atoms with Crippen molar-refractivity contribution >= 4 is 17.7 Å². The number of rotatable bonds is 8. The number of nitrogens with two attached hydrogens (primary N) is 1. The van der Waals surface area contributed by atoms with Crippen molar-refractivity contribution in [1.29, 1.82) is 0 Å². The highest BCUT2D eigenvalue weighted by Crippen LogP contribution is 2.49. The zero-order valence-electron chi connectivity index (χ0n) is 23.2. The Morgan fingerprint density at radius 2 is 1.76 bits per heavy atom. The highest BCUT2D eigenvalue weighted by Gasteiger charge is 2.56. The summed E-state index contributed by atoms with van der Waals surface area (Å²) in [7, 11) is 1.63. The molecule has 0 radical (unpaired) electrons. The topological polar surface area (TPSA) is 105 Å². The molecule has 0 aromatic heterocycles. The number of amides is 3. The summed E-state index contributed by atoms with van der Waals surface area (Å²) in [4.78, 5) is 43.1. The molecule has 3 atom stereocenters. The number of likely N-dealkylation sites (N-methyl/N-ethyl adjacent to an activating group) is 1. The van der Waals surface area contributed by atoms with Crippen LogP contribution in [0, 0.1) is 28.7 Å². The third-order valence-corrected chi connectivity index (χ3v) is 7.80. The lowest BCUT2D eigenvalue weighted by Gasteiger charge is -2.43.